The Morgan fingerprint density at radius 2 is 1.73 bits per heavy atom. The van der Waals surface area contributed by atoms with Crippen molar-refractivity contribution < 1.29 is 28.8 Å². The van der Waals surface area contributed by atoms with Gasteiger partial charge in [0.2, 0.25) is 11.8 Å². The second kappa shape index (κ2) is 22.0. The van der Waals surface area contributed by atoms with Crippen LogP contribution in [0.1, 0.15) is 69.3 Å². The third-order valence-corrected chi connectivity index (χ3v) is 9.13. The van der Waals surface area contributed by atoms with E-state index in [9.17, 15) is 28.8 Å². The van der Waals surface area contributed by atoms with Gasteiger partial charge in [0.15, 0.2) is 0 Å². The quantitative estimate of drug-likeness (QED) is 0.123. The van der Waals surface area contributed by atoms with Crippen molar-refractivity contribution in [3.63, 3.8) is 0 Å². The second-order valence-corrected chi connectivity index (χ2v) is 12.3. The van der Waals surface area contributed by atoms with E-state index in [-0.39, 0.29) is 49.6 Å². The molecule has 1 aromatic carbocycles. The Morgan fingerprint density at radius 1 is 1.06 bits per heavy atom. The number of rotatable bonds is 19. The van der Waals surface area contributed by atoms with Crippen LogP contribution in [-0.2, 0) is 30.5 Å². The van der Waals surface area contributed by atoms with Gasteiger partial charge in [-0.3, -0.25) is 29.1 Å². The number of hydrogen-bond donors (Lipinski definition) is 4. The summed E-state index contributed by atoms with van der Waals surface area (Å²) in [4.78, 5) is 82.3. The van der Waals surface area contributed by atoms with Crippen molar-refractivity contribution in [2.45, 2.75) is 78.0 Å². The number of nitrogens with one attached hydrogen (secondary N) is 4. The molecule has 284 valence electrons. The minimum atomic E-state index is -0.698. The number of likely N-dealkylation sites (tertiary alicyclic amines) is 1. The Kier molecular flexibility index (Phi) is 18.2. The molecule has 14 nitrogen and oxygen atoms in total. The molecule has 2 aliphatic heterocycles. The number of carbonyl (C=O) groups is 6. The minimum absolute atomic E-state index is 0.0929. The lowest BCUT2D eigenvalue weighted by atomic mass is 10.0. The number of benzene rings is 1. The minimum Gasteiger partial charge on any atom is -0.383 e. The van der Waals surface area contributed by atoms with Crippen molar-refractivity contribution in [1.29, 1.82) is 0 Å². The first-order chi connectivity index (χ1) is 25.0. The van der Waals surface area contributed by atoms with Crippen molar-refractivity contribution in [2.24, 2.45) is 4.99 Å². The molecule has 1 fully saturated rings. The lowest BCUT2D eigenvalue weighted by Gasteiger charge is -2.29. The SMILES string of the molecule is C/C=C1/C(=O)N(C(C=O)CCC(=O)NC)C/C1=C(/C)NCC1=CN(C)C(CNc2cccc(C=O)c2CN(C)C(C=O)CCC(=O)NC)C=N1.CC. The van der Waals surface area contributed by atoms with Gasteiger partial charge in [-0.25, -0.2) is 0 Å². The standard InChI is InChI=1S/C36H50N8O6.C2H6/c1-7-30-31(20-44(36(30)50)28(23-47)12-14-35(49)38-4)24(2)39-15-26-18-42(5)29(16-40-26)17-41-33-10-8-9-25(21-45)32(33)19-43(6)27(22-46)11-13-34(48)37-3;1-2/h7-10,16,18,21-23,27-29,39,41H,11-15,17,19-20H2,1-6H3,(H,37,48)(H,38,49);1-2H3/b30-7+,31-24+;. The fraction of sp³-hybridized carbons (Fsp3) is 0.500. The number of carbonyl (C=O) groups excluding carboxylic acids is 6. The summed E-state index contributed by atoms with van der Waals surface area (Å²) < 4.78 is 0. The summed E-state index contributed by atoms with van der Waals surface area (Å²) in [5.41, 5.74) is 4.94. The highest BCUT2D eigenvalue weighted by atomic mass is 16.2. The van der Waals surface area contributed by atoms with E-state index >= 15 is 0 Å². The Morgan fingerprint density at radius 3 is 2.31 bits per heavy atom. The van der Waals surface area contributed by atoms with Crippen LogP contribution in [0, 0.1) is 0 Å². The number of allylic oxidation sites excluding steroid dienone is 2. The Labute approximate surface area is 307 Å². The first kappa shape index (κ1) is 43.1. The Balaban J connectivity index is 0.00000460. The summed E-state index contributed by atoms with van der Waals surface area (Å²) in [5.74, 6) is -0.561. The molecule has 14 heteroatoms. The maximum Gasteiger partial charge on any atom is 0.254 e. The van der Waals surface area contributed by atoms with E-state index in [1.807, 2.05) is 56.1 Å². The number of nitrogens with zero attached hydrogens (tertiary/aromatic N) is 4. The van der Waals surface area contributed by atoms with Gasteiger partial charge in [0.05, 0.1) is 30.4 Å². The van der Waals surface area contributed by atoms with Crippen molar-refractivity contribution >= 4 is 48.5 Å². The van der Waals surface area contributed by atoms with Crippen LogP contribution < -0.4 is 21.3 Å². The molecule has 2 heterocycles. The highest BCUT2D eigenvalue weighted by Crippen LogP contribution is 2.28. The fourth-order valence-electron chi connectivity index (χ4n) is 5.90. The smallest absolute Gasteiger partial charge is 0.254 e. The van der Waals surface area contributed by atoms with Crippen molar-refractivity contribution in [1.82, 2.24) is 30.7 Å². The number of likely N-dealkylation sites (N-methyl/N-ethyl adjacent to an activating group) is 2. The Bertz CT molecular complexity index is 1550. The van der Waals surface area contributed by atoms with Gasteiger partial charge in [0, 0.05) is 94.1 Å². The summed E-state index contributed by atoms with van der Waals surface area (Å²) >= 11 is 0. The van der Waals surface area contributed by atoms with Crippen LogP contribution in [0.25, 0.3) is 0 Å². The van der Waals surface area contributed by atoms with E-state index in [4.69, 9.17) is 0 Å². The average Bonchev–Trinajstić information content (AvgIpc) is 3.50. The molecule has 0 spiro atoms. The molecule has 0 aliphatic carbocycles. The molecule has 1 aromatic rings. The molecule has 3 atom stereocenters. The van der Waals surface area contributed by atoms with Crippen molar-refractivity contribution in [3.05, 3.63) is 64.1 Å². The van der Waals surface area contributed by atoms with Crippen LogP contribution in [0.3, 0.4) is 0 Å². The second-order valence-electron chi connectivity index (χ2n) is 12.3. The highest BCUT2D eigenvalue weighted by molar-refractivity contribution is 6.02. The molecule has 0 saturated carbocycles. The number of amides is 3. The average molecular weight is 721 g/mol. The number of aldehydes is 3. The zero-order chi connectivity index (χ0) is 38.8. The third kappa shape index (κ3) is 11.7. The van der Waals surface area contributed by atoms with Gasteiger partial charge in [-0.05, 0) is 45.4 Å². The van der Waals surface area contributed by atoms with Crippen molar-refractivity contribution in [3.8, 4) is 0 Å². The molecule has 0 radical (unpaired) electrons. The maximum atomic E-state index is 13.2. The van der Waals surface area contributed by atoms with Gasteiger partial charge >= 0.3 is 0 Å². The molecular formula is C38H56N8O6. The van der Waals surface area contributed by atoms with E-state index in [2.05, 4.69) is 26.3 Å². The molecule has 0 aromatic heterocycles. The molecule has 3 amide bonds. The molecule has 1 saturated heterocycles. The van der Waals surface area contributed by atoms with Gasteiger partial charge in [0.25, 0.3) is 5.91 Å². The van der Waals surface area contributed by atoms with Gasteiger partial charge in [0.1, 0.15) is 18.9 Å². The van der Waals surface area contributed by atoms with E-state index in [1.165, 1.54) is 11.9 Å². The van der Waals surface area contributed by atoms with Crippen molar-refractivity contribution in [2.75, 3.05) is 53.1 Å². The van der Waals surface area contributed by atoms with Crippen LogP contribution in [0.2, 0.25) is 0 Å². The number of aliphatic imine (C=N–C) groups is 1. The van der Waals surface area contributed by atoms with Crippen LogP contribution in [0.15, 0.2) is 58.0 Å². The monoisotopic (exact) mass is 720 g/mol. The van der Waals surface area contributed by atoms with E-state index in [0.717, 1.165) is 47.1 Å². The summed E-state index contributed by atoms with van der Waals surface area (Å²) in [6, 6.07) is 4.16. The topological polar surface area (TPSA) is 173 Å². The van der Waals surface area contributed by atoms with Crippen LogP contribution in [0.4, 0.5) is 5.69 Å². The first-order valence-corrected chi connectivity index (χ1v) is 17.7. The highest BCUT2D eigenvalue weighted by Gasteiger charge is 2.36. The maximum absolute atomic E-state index is 13.2. The van der Waals surface area contributed by atoms with Gasteiger partial charge < -0.3 is 40.7 Å². The summed E-state index contributed by atoms with van der Waals surface area (Å²) in [6.45, 7) is 9.17. The molecule has 52 heavy (non-hydrogen) atoms. The first-order valence-electron chi connectivity index (χ1n) is 17.7. The Hall–Kier alpha value is -5.11. The fourth-order valence-corrected chi connectivity index (χ4v) is 5.90. The van der Waals surface area contributed by atoms with E-state index in [0.29, 0.717) is 37.2 Å². The predicted molar refractivity (Wildman–Crippen MR) is 204 cm³/mol. The number of hydrogen-bond acceptors (Lipinski definition) is 11. The van der Waals surface area contributed by atoms with Gasteiger partial charge in [-0.15, -0.1) is 0 Å². The lowest BCUT2D eigenvalue weighted by Crippen LogP contribution is -2.38. The molecule has 4 N–H and O–H groups in total. The van der Waals surface area contributed by atoms with Crippen LogP contribution in [0.5, 0.6) is 0 Å². The van der Waals surface area contributed by atoms with E-state index in [1.54, 1.807) is 39.2 Å². The zero-order valence-electron chi connectivity index (χ0n) is 31.8. The number of anilines is 1. The zero-order valence-corrected chi connectivity index (χ0v) is 31.8. The largest absolute Gasteiger partial charge is 0.383 e. The predicted octanol–water partition coefficient (Wildman–Crippen LogP) is 2.43. The molecule has 3 rings (SSSR count). The van der Waals surface area contributed by atoms with Crippen LogP contribution in [-0.4, -0.2) is 123 Å². The van der Waals surface area contributed by atoms with Gasteiger partial charge in [-0.2, -0.15) is 0 Å². The summed E-state index contributed by atoms with van der Waals surface area (Å²) in [6.07, 6.45) is 8.87. The molecule has 0 bridgehead atoms. The summed E-state index contributed by atoms with van der Waals surface area (Å²) in [7, 11) is 6.84. The molecule has 2 aliphatic rings. The third-order valence-electron chi connectivity index (χ3n) is 9.13. The van der Waals surface area contributed by atoms with E-state index < -0.39 is 12.1 Å². The normalized spacial score (nSPS) is 18.2. The lowest BCUT2D eigenvalue weighted by molar-refractivity contribution is -0.131. The summed E-state index contributed by atoms with van der Waals surface area (Å²) in [5, 5.41) is 11.9. The van der Waals surface area contributed by atoms with Gasteiger partial charge in [-0.1, -0.05) is 32.1 Å². The molecule has 3 unspecified atom stereocenters. The molecular weight excluding hydrogens is 664 g/mol. The van der Waals surface area contributed by atoms with Crippen LogP contribution >= 0.6 is 0 Å².